The molecule has 0 aliphatic rings. The minimum Gasteiger partial charge on any atom is -0.507 e. The molecule has 0 aliphatic heterocycles. The van der Waals surface area contributed by atoms with Crippen LogP contribution in [0.15, 0.2) is 126 Å². The van der Waals surface area contributed by atoms with Crippen molar-refractivity contribution >= 4 is 118 Å². The Morgan fingerprint density at radius 2 is 1.34 bits per heavy atom. The minimum atomic E-state index is -5.23. The van der Waals surface area contributed by atoms with Gasteiger partial charge in [-0.1, -0.05) is 24.3 Å². The predicted molar refractivity (Wildman–Crippen MR) is 233 cm³/mol. The third kappa shape index (κ3) is 13.8. The fraction of sp³-hybridized carbons (Fsp3) is 0.194. The van der Waals surface area contributed by atoms with Gasteiger partial charge >= 0.3 is 10.4 Å². The maximum atomic E-state index is 13.2. The Hall–Kier alpha value is -5.49. The molecule has 0 bridgehead atoms. The first kappa shape index (κ1) is 49.5. The van der Waals surface area contributed by atoms with Crippen LogP contribution in [0.1, 0.15) is 12.8 Å². The van der Waals surface area contributed by atoms with Crippen LogP contribution in [-0.2, 0) is 59.3 Å². The van der Waals surface area contributed by atoms with E-state index in [-0.39, 0.29) is 62.9 Å². The zero-order valence-corrected chi connectivity index (χ0v) is 37.3. The summed E-state index contributed by atoms with van der Waals surface area (Å²) < 4.78 is 154. The van der Waals surface area contributed by atoms with Crippen molar-refractivity contribution in [1.29, 1.82) is 0 Å². The van der Waals surface area contributed by atoms with Gasteiger partial charge in [-0.05, 0) is 72.5 Å². The highest BCUT2D eigenvalue weighted by Crippen LogP contribution is 2.44. The van der Waals surface area contributed by atoms with E-state index in [9.17, 15) is 61.1 Å². The molecule has 64 heavy (non-hydrogen) atoms. The van der Waals surface area contributed by atoms with E-state index < -0.39 is 101 Å². The maximum Gasteiger partial charge on any atom is 0.397 e. The number of hydrogen-bond donors (Lipinski definition) is 6. The van der Waals surface area contributed by atoms with E-state index in [1.807, 2.05) is 0 Å². The van der Waals surface area contributed by atoms with Crippen molar-refractivity contribution in [3.05, 3.63) is 91.0 Å². The second kappa shape index (κ2) is 20.1. The zero-order valence-electron chi connectivity index (χ0n) is 32.5. The highest BCUT2D eigenvalue weighted by Gasteiger charge is 2.23. The SMILES string of the molecule is O=C(CCCS(=O)(=O)CCCl)Nc1cc(/N=N/c2c(Nc3ccccc3)ccc3cc(S(=O)(=O)O)cc(O)c23)c(S(=O)(=O)O)cc1/N=N/c1ccc(S(=O)(=O)CCOS(=O)(=O)O)cc1. The number of halogens is 1. The number of benzene rings is 5. The van der Waals surface area contributed by atoms with Crippen molar-refractivity contribution in [1.82, 2.24) is 0 Å². The molecule has 5 aromatic rings. The first-order valence-electron chi connectivity index (χ1n) is 17.9. The topological polar surface area (TPSA) is 351 Å². The number of nitrogens with one attached hydrogen (secondary N) is 2. The normalized spacial score (nSPS) is 12.9. The van der Waals surface area contributed by atoms with E-state index in [1.54, 1.807) is 30.3 Å². The summed E-state index contributed by atoms with van der Waals surface area (Å²) in [5, 5.41) is 32.7. The highest BCUT2D eigenvalue weighted by molar-refractivity contribution is 7.91. The first-order valence-corrected chi connectivity index (χ1v) is 26.2. The monoisotopic (exact) mass is 1000 g/mol. The van der Waals surface area contributed by atoms with Crippen LogP contribution in [0.3, 0.4) is 0 Å². The Morgan fingerprint density at radius 3 is 1.97 bits per heavy atom. The summed E-state index contributed by atoms with van der Waals surface area (Å²) in [6.07, 6.45) is -0.536. The van der Waals surface area contributed by atoms with E-state index in [0.29, 0.717) is 5.69 Å². The van der Waals surface area contributed by atoms with E-state index in [2.05, 4.69) is 35.3 Å². The molecule has 0 aliphatic carbocycles. The summed E-state index contributed by atoms with van der Waals surface area (Å²) in [6, 6.07) is 19.2. The summed E-state index contributed by atoms with van der Waals surface area (Å²) in [4.78, 5) is 11.3. The molecule has 1 amide bonds. The second-order valence-electron chi connectivity index (χ2n) is 13.2. The van der Waals surface area contributed by atoms with Gasteiger partial charge in [0.25, 0.3) is 20.2 Å². The van der Waals surface area contributed by atoms with Gasteiger partial charge in [0, 0.05) is 24.1 Å². The van der Waals surface area contributed by atoms with Gasteiger partial charge in [0.05, 0.1) is 56.1 Å². The number of aromatic hydroxyl groups is 1. The van der Waals surface area contributed by atoms with Crippen molar-refractivity contribution in [2.24, 2.45) is 20.5 Å². The number of sulfone groups is 2. The summed E-state index contributed by atoms with van der Waals surface area (Å²) in [6.45, 7) is -0.889. The fourth-order valence-corrected chi connectivity index (χ4v) is 10.0. The number of carbonyl (C=O) groups is 1. The van der Waals surface area contributed by atoms with Gasteiger partial charge in [-0.2, -0.15) is 30.4 Å². The average Bonchev–Trinajstić information content (AvgIpc) is 3.19. The number of amides is 1. The number of phenolic OH excluding ortho intramolecular Hbond substituents is 1. The minimum absolute atomic E-state index is 0.0313. The highest BCUT2D eigenvalue weighted by atomic mass is 35.5. The van der Waals surface area contributed by atoms with Gasteiger partial charge in [-0.25, -0.2) is 21.0 Å². The Morgan fingerprint density at radius 1 is 0.672 bits per heavy atom. The lowest BCUT2D eigenvalue weighted by atomic mass is 10.1. The predicted octanol–water partition coefficient (Wildman–Crippen LogP) is 6.58. The lowest BCUT2D eigenvalue weighted by Gasteiger charge is -2.14. The summed E-state index contributed by atoms with van der Waals surface area (Å²) in [7, 11) is -22.7. The third-order valence-corrected chi connectivity index (χ3v) is 14.6. The molecule has 0 fully saturated rings. The molecule has 5 aromatic carbocycles. The van der Waals surface area contributed by atoms with Gasteiger partial charge in [0.2, 0.25) is 5.91 Å². The van der Waals surface area contributed by atoms with E-state index >= 15 is 0 Å². The van der Waals surface area contributed by atoms with Gasteiger partial charge in [-0.15, -0.1) is 26.9 Å². The third-order valence-electron chi connectivity index (χ3n) is 8.58. The molecule has 342 valence electrons. The van der Waals surface area contributed by atoms with Crippen LogP contribution in [0.5, 0.6) is 5.75 Å². The van der Waals surface area contributed by atoms with Crippen molar-refractivity contribution in [2.45, 2.75) is 27.5 Å². The van der Waals surface area contributed by atoms with Crippen LogP contribution in [-0.4, -0.2) is 96.5 Å². The van der Waals surface area contributed by atoms with Crippen LogP contribution >= 0.6 is 11.6 Å². The molecule has 5 rings (SSSR count). The van der Waals surface area contributed by atoms with E-state index in [1.165, 1.54) is 12.1 Å². The average molecular weight is 1000 g/mol. The maximum absolute atomic E-state index is 13.2. The quantitative estimate of drug-likeness (QED) is 0.0272. The fourth-order valence-electron chi connectivity index (χ4n) is 5.64. The lowest BCUT2D eigenvalue weighted by molar-refractivity contribution is -0.116. The Bertz CT molecular complexity index is 3210. The molecular formula is C36H35ClN6O16S5. The Labute approximate surface area is 371 Å². The number of phenols is 1. The van der Waals surface area contributed by atoms with Crippen LogP contribution in [0.2, 0.25) is 0 Å². The number of anilines is 3. The largest absolute Gasteiger partial charge is 0.507 e. The van der Waals surface area contributed by atoms with Crippen LogP contribution < -0.4 is 10.6 Å². The molecule has 0 radical (unpaired) electrons. The summed E-state index contributed by atoms with van der Waals surface area (Å²) in [5.41, 5.74) is -0.976. The molecule has 0 heterocycles. The van der Waals surface area contributed by atoms with Crippen molar-refractivity contribution < 1.29 is 69.8 Å². The van der Waals surface area contributed by atoms with Crippen molar-refractivity contribution in [3.8, 4) is 5.75 Å². The van der Waals surface area contributed by atoms with Gasteiger partial charge < -0.3 is 15.7 Å². The lowest BCUT2D eigenvalue weighted by Crippen LogP contribution is -2.16. The van der Waals surface area contributed by atoms with Gasteiger partial charge in [-0.3, -0.25) is 18.5 Å². The van der Waals surface area contributed by atoms with Gasteiger partial charge in [0.15, 0.2) is 19.7 Å². The van der Waals surface area contributed by atoms with Crippen LogP contribution in [0.25, 0.3) is 10.8 Å². The number of alkyl halides is 1. The second-order valence-corrected chi connectivity index (χ2v) is 21.9. The number of para-hydroxylation sites is 1. The van der Waals surface area contributed by atoms with E-state index in [0.717, 1.165) is 48.5 Å². The van der Waals surface area contributed by atoms with Crippen molar-refractivity contribution in [2.75, 3.05) is 40.4 Å². The molecule has 0 aromatic heterocycles. The molecule has 0 saturated carbocycles. The molecule has 0 spiro atoms. The molecule has 0 saturated heterocycles. The molecule has 0 unspecified atom stereocenters. The molecule has 6 N–H and O–H groups in total. The molecule has 28 heteroatoms. The number of azo groups is 2. The zero-order chi connectivity index (χ0) is 47.1. The molecule has 22 nitrogen and oxygen atoms in total. The molecular weight excluding hydrogens is 968 g/mol. The number of fused-ring (bicyclic) bond motifs is 1. The van der Waals surface area contributed by atoms with Crippen LogP contribution in [0.4, 0.5) is 39.8 Å². The first-order chi connectivity index (χ1) is 29.8. The van der Waals surface area contributed by atoms with E-state index in [4.69, 9.17) is 16.2 Å². The summed E-state index contributed by atoms with van der Waals surface area (Å²) in [5.74, 6) is -3.23. The Kier molecular flexibility index (Phi) is 15.6. The Balaban J connectivity index is 1.61. The van der Waals surface area contributed by atoms with Gasteiger partial charge in [0.1, 0.15) is 27.7 Å². The standard InChI is InChI=1S/C36H35ClN6O16S5/c37-14-17-60(46,47)16-4-7-34(45)39-29-21-31(33(63(53,54)55)22-30(29)41-40-25-9-11-26(12-10-25)61(48,49)18-15-59-64(56,57)58)42-43-36-28(38-24-5-2-1-3-6-24)13-8-23-19-27(62(50,51)52)20-32(44)35(23)36/h1-3,5-6,8-13,19-22,38,44H,4,7,14-18H2,(H,39,45)(H,50,51,52)(H,53,54,55)(H,56,57,58)/b41-40+,43-42+. The number of rotatable bonds is 20. The number of hydrogen-bond acceptors (Lipinski definition) is 18. The summed E-state index contributed by atoms with van der Waals surface area (Å²) >= 11 is 5.55. The number of carbonyl (C=O) groups excluding carboxylic acids is 1. The smallest absolute Gasteiger partial charge is 0.397 e. The van der Waals surface area contributed by atoms with Crippen molar-refractivity contribution in [3.63, 3.8) is 0 Å². The number of nitrogens with zero attached hydrogens (tertiary/aromatic N) is 4. The molecule has 0 atom stereocenters. The van der Waals surface area contributed by atoms with Crippen LogP contribution in [0, 0.1) is 0 Å².